The summed E-state index contributed by atoms with van der Waals surface area (Å²) in [4.78, 5) is 46.8. The Bertz CT molecular complexity index is 452. The van der Waals surface area contributed by atoms with Gasteiger partial charge in [-0.2, -0.15) is 0 Å². The first-order valence-electron chi connectivity index (χ1n) is 7.37. The summed E-state index contributed by atoms with van der Waals surface area (Å²) in [6.45, 7) is 5.05. The lowest BCUT2D eigenvalue weighted by Crippen LogP contribution is -2.54. The third-order valence-corrected chi connectivity index (χ3v) is 3.35. The van der Waals surface area contributed by atoms with E-state index in [0.29, 0.717) is 6.42 Å². The first-order chi connectivity index (χ1) is 10.6. The monoisotopic (exact) mass is 330 g/mol. The fraction of sp³-hybridized carbons (Fsp3) is 0.714. The van der Waals surface area contributed by atoms with E-state index in [2.05, 4.69) is 10.6 Å². The minimum absolute atomic E-state index is 0.155. The van der Waals surface area contributed by atoms with Crippen molar-refractivity contribution in [1.29, 1.82) is 0 Å². The van der Waals surface area contributed by atoms with Crippen molar-refractivity contribution in [2.24, 2.45) is 11.7 Å². The number of rotatable bonds is 9. The molecular formula is C14H26N4O5. The van der Waals surface area contributed by atoms with E-state index in [1.807, 2.05) is 0 Å². The standard InChI is InChI=1S/C14H26N4O5/c1-8(2)11(17-9(3)19)12(20)18(4)10(13(21)22)6-5-7-16-14(15)23/h8,10-11H,5-7H2,1-4H3,(H,17,19)(H,21,22)(H3,15,16,23)/t10-,11-/m0/s1. The number of nitrogens with two attached hydrogens (primary N) is 1. The summed E-state index contributed by atoms with van der Waals surface area (Å²) < 4.78 is 0. The molecule has 23 heavy (non-hydrogen) atoms. The zero-order chi connectivity index (χ0) is 18.2. The summed E-state index contributed by atoms with van der Waals surface area (Å²) in [5.74, 6) is -2.15. The van der Waals surface area contributed by atoms with Crippen LogP contribution in [0.2, 0.25) is 0 Å². The Kier molecular flexibility index (Phi) is 8.67. The molecule has 0 aliphatic heterocycles. The van der Waals surface area contributed by atoms with Crippen molar-refractivity contribution >= 4 is 23.8 Å². The van der Waals surface area contributed by atoms with Gasteiger partial charge in [-0.15, -0.1) is 0 Å². The molecule has 2 atom stereocenters. The highest BCUT2D eigenvalue weighted by molar-refractivity contribution is 5.90. The second kappa shape index (κ2) is 9.65. The molecule has 0 heterocycles. The molecule has 0 aromatic rings. The van der Waals surface area contributed by atoms with Crippen LogP contribution in [0.3, 0.4) is 0 Å². The Hall–Kier alpha value is -2.32. The van der Waals surface area contributed by atoms with Gasteiger partial charge in [0.2, 0.25) is 11.8 Å². The van der Waals surface area contributed by atoms with Crippen LogP contribution in [-0.4, -0.2) is 59.5 Å². The van der Waals surface area contributed by atoms with E-state index in [4.69, 9.17) is 5.73 Å². The van der Waals surface area contributed by atoms with Gasteiger partial charge in [-0.3, -0.25) is 9.59 Å². The number of primary amides is 1. The molecule has 0 spiro atoms. The van der Waals surface area contributed by atoms with Crippen LogP contribution in [0.5, 0.6) is 0 Å². The lowest BCUT2D eigenvalue weighted by Gasteiger charge is -2.30. The topological polar surface area (TPSA) is 142 Å². The lowest BCUT2D eigenvalue weighted by molar-refractivity contribution is -0.151. The number of nitrogens with zero attached hydrogens (tertiary/aromatic N) is 1. The number of carbonyl (C=O) groups is 4. The Morgan fingerprint density at radius 1 is 1.22 bits per heavy atom. The number of aliphatic carboxylic acids is 1. The van der Waals surface area contributed by atoms with Gasteiger partial charge in [0.15, 0.2) is 0 Å². The molecule has 5 N–H and O–H groups in total. The minimum Gasteiger partial charge on any atom is -0.480 e. The Morgan fingerprint density at radius 2 is 1.78 bits per heavy atom. The maximum atomic E-state index is 12.5. The van der Waals surface area contributed by atoms with Crippen LogP contribution >= 0.6 is 0 Å². The average molecular weight is 330 g/mol. The average Bonchev–Trinajstić information content (AvgIpc) is 2.42. The SMILES string of the molecule is CC(=O)N[C@H](C(=O)N(C)[C@@H](CCCNC(N)=O)C(=O)O)C(C)C. The second-order valence-corrected chi connectivity index (χ2v) is 5.66. The van der Waals surface area contributed by atoms with Crippen molar-refractivity contribution in [1.82, 2.24) is 15.5 Å². The molecule has 0 unspecified atom stereocenters. The van der Waals surface area contributed by atoms with Gasteiger partial charge in [0.25, 0.3) is 0 Å². The number of hydrogen-bond acceptors (Lipinski definition) is 4. The third-order valence-electron chi connectivity index (χ3n) is 3.35. The zero-order valence-corrected chi connectivity index (χ0v) is 14.0. The number of carboxylic acids is 1. The number of carboxylic acid groups (broad SMARTS) is 1. The molecule has 0 aliphatic rings. The highest BCUT2D eigenvalue weighted by Crippen LogP contribution is 2.11. The summed E-state index contributed by atoms with van der Waals surface area (Å²) in [5.41, 5.74) is 4.93. The number of carbonyl (C=O) groups excluding carboxylic acids is 3. The second-order valence-electron chi connectivity index (χ2n) is 5.66. The Morgan fingerprint density at radius 3 is 2.17 bits per heavy atom. The first kappa shape index (κ1) is 20.7. The fourth-order valence-electron chi connectivity index (χ4n) is 2.10. The number of hydrogen-bond donors (Lipinski definition) is 4. The van der Waals surface area contributed by atoms with Crippen molar-refractivity contribution in [3.8, 4) is 0 Å². The highest BCUT2D eigenvalue weighted by Gasteiger charge is 2.32. The van der Waals surface area contributed by atoms with Crippen LogP contribution < -0.4 is 16.4 Å². The summed E-state index contributed by atoms with van der Waals surface area (Å²) >= 11 is 0. The van der Waals surface area contributed by atoms with E-state index in [1.54, 1.807) is 13.8 Å². The fourth-order valence-corrected chi connectivity index (χ4v) is 2.10. The summed E-state index contributed by atoms with van der Waals surface area (Å²) in [5, 5.41) is 14.2. The van der Waals surface area contributed by atoms with Gasteiger partial charge < -0.3 is 26.4 Å². The number of amides is 4. The van der Waals surface area contributed by atoms with Crippen LogP contribution in [0.15, 0.2) is 0 Å². The predicted molar refractivity (Wildman–Crippen MR) is 83.5 cm³/mol. The van der Waals surface area contributed by atoms with Crippen molar-refractivity contribution < 1.29 is 24.3 Å². The quantitative estimate of drug-likeness (QED) is 0.422. The third kappa shape index (κ3) is 7.48. The van der Waals surface area contributed by atoms with Gasteiger partial charge in [0.05, 0.1) is 0 Å². The predicted octanol–water partition coefficient (Wildman–Crippen LogP) is -0.493. The first-order valence-corrected chi connectivity index (χ1v) is 7.37. The van der Waals surface area contributed by atoms with E-state index in [1.165, 1.54) is 14.0 Å². The molecular weight excluding hydrogens is 304 g/mol. The van der Waals surface area contributed by atoms with E-state index in [9.17, 15) is 24.3 Å². The van der Waals surface area contributed by atoms with Crippen LogP contribution in [0.4, 0.5) is 4.79 Å². The molecule has 0 fully saturated rings. The Labute approximate surface area is 135 Å². The van der Waals surface area contributed by atoms with Crippen molar-refractivity contribution in [2.75, 3.05) is 13.6 Å². The summed E-state index contributed by atoms with van der Waals surface area (Å²) in [7, 11) is 1.39. The normalized spacial score (nSPS) is 13.1. The minimum atomic E-state index is -1.15. The molecule has 0 radical (unpaired) electrons. The molecule has 9 nitrogen and oxygen atoms in total. The van der Waals surface area contributed by atoms with Gasteiger partial charge in [0, 0.05) is 20.5 Å². The van der Waals surface area contributed by atoms with Gasteiger partial charge in [-0.1, -0.05) is 13.8 Å². The molecule has 0 rings (SSSR count). The van der Waals surface area contributed by atoms with Crippen molar-refractivity contribution in [3.63, 3.8) is 0 Å². The Balaban J connectivity index is 4.88. The summed E-state index contributed by atoms with van der Waals surface area (Å²) in [6.07, 6.45) is 0.507. The smallest absolute Gasteiger partial charge is 0.326 e. The van der Waals surface area contributed by atoms with Crippen LogP contribution in [-0.2, 0) is 14.4 Å². The van der Waals surface area contributed by atoms with Crippen molar-refractivity contribution in [3.05, 3.63) is 0 Å². The molecule has 0 aromatic carbocycles. The van der Waals surface area contributed by atoms with E-state index < -0.39 is 30.0 Å². The molecule has 0 saturated heterocycles. The summed E-state index contributed by atoms with van der Waals surface area (Å²) in [6, 6.07) is -2.53. The van der Waals surface area contributed by atoms with E-state index in [-0.39, 0.29) is 24.8 Å². The highest BCUT2D eigenvalue weighted by atomic mass is 16.4. The van der Waals surface area contributed by atoms with Gasteiger partial charge in [-0.05, 0) is 18.8 Å². The van der Waals surface area contributed by atoms with Gasteiger partial charge in [0.1, 0.15) is 12.1 Å². The molecule has 0 aliphatic carbocycles. The van der Waals surface area contributed by atoms with E-state index >= 15 is 0 Å². The molecule has 9 heteroatoms. The number of likely N-dealkylation sites (N-methyl/N-ethyl adjacent to an activating group) is 1. The molecule has 0 saturated carbocycles. The molecule has 0 aromatic heterocycles. The van der Waals surface area contributed by atoms with Gasteiger partial charge >= 0.3 is 12.0 Å². The van der Waals surface area contributed by atoms with E-state index in [0.717, 1.165) is 4.90 Å². The van der Waals surface area contributed by atoms with Crippen molar-refractivity contribution in [2.45, 2.75) is 45.7 Å². The molecule has 132 valence electrons. The maximum Gasteiger partial charge on any atom is 0.326 e. The molecule has 0 bridgehead atoms. The number of nitrogens with one attached hydrogen (secondary N) is 2. The van der Waals surface area contributed by atoms with Crippen LogP contribution in [0.25, 0.3) is 0 Å². The zero-order valence-electron chi connectivity index (χ0n) is 14.0. The number of urea groups is 1. The van der Waals surface area contributed by atoms with Crippen LogP contribution in [0, 0.1) is 5.92 Å². The largest absolute Gasteiger partial charge is 0.480 e. The molecule has 4 amide bonds. The van der Waals surface area contributed by atoms with Crippen LogP contribution in [0.1, 0.15) is 33.6 Å². The maximum absolute atomic E-state index is 12.5. The lowest BCUT2D eigenvalue weighted by atomic mass is 10.0. The van der Waals surface area contributed by atoms with Gasteiger partial charge in [-0.25, -0.2) is 9.59 Å².